The first-order valence-electron chi connectivity index (χ1n) is 8.64. The van der Waals surface area contributed by atoms with Gasteiger partial charge in [-0.25, -0.2) is 0 Å². The van der Waals surface area contributed by atoms with Crippen LogP contribution in [0.5, 0.6) is 0 Å². The maximum Gasteiger partial charge on any atom is 0.230 e. The highest BCUT2D eigenvalue weighted by Gasteiger charge is 2.30. The molecule has 3 rings (SSSR count). The van der Waals surface area contributed by atoms with Crippen LogP contribution in [0.25, 0.3) is 0 Å². The van der Waals surface area contributed by atoms with Crippen LogP contribution >= 0.6 is 0 Å². The van der Waals surface area contributed by atoms with Gasteiger partial charge in [0.2, 0.25) is 11.9 Å². The van der Waals surface area contributed by atoms with Crippen LogP contribution in [-0.2, 0) is 9.47 Å². The van der Waals surface area contributed by atoms with Crippen LogP contribution in [0, 0.1) is 6.92 Å². The molecule has 2 aliphatic heterocycles. The van der Waals surface area contributed by atoms with Crippen LogP contribution in [0.4, 0.5) is 11.9 Å². The van der Waals surface area contributed by atoms with E-state index in [0.717, 1.165) is 6.54 Å². The Hall–Kier alpha value is -1.51. The number of ether oxygens (including phenoxy) is 2. The monoisotopic (exact) mass is 337 g/mol. The summed E-state index contributed by atoms with van der Waals surface area (Å²) >= 11 is 0. The van der Waals surface area contributed by atoms with E-state index in [4.69, 9.17) is 14.5 Å². The van der Waals surface area contributed by atoms with Crippen molar-refractivity contribution in [1.82, 2.24) is 15.0 Å². The summed E-state index contributed by atoms with van der Waals surface area (Å²) in [6, 6.07) is 0.327. The molecule has 8 heteroatoms. The van der Waals surface area contributed by atoms with Crippen LogP contribution in [0.1, 0.15) is 26.1 Å². The molecule has 2 aliphatic rings. The molecule has 0 saturated carbocycles. The Morgan fingerprint density at radius 3 is 2.58 bits per heavy atom. The zero-order valence-corrected chi connectivity index (χ0v) is 14.7. The Bertz CT molecular complexity index is 559. The minimum Gasteiger partial charge on any atom is -0.396 e. The van der Waals surface area contributed by atoms with Gasteiger partial charge in [-0.2, -0.15) is 15.0 Å². The highest BCUT2D eigenvalue weighted by molar-refractivity contribution is 5.41. The molecule has 0 radical (unpaired) electrons. The van der Waals surface area contributed by atoms with Crippen molar-refractivity contribution in [2.45, 2.75) is 45.4 Å². The van der Waals surface area contributed by atoms with Crippen molar-refractivity contribution in [1.29, 1.82) is 0 Å². The standard InChI is InChI=1S/C16H27N5O3/c1-11-9-23-7-5-20(11)15-17-13(3)18-16(19-15)21-8-12(2)24-10-14(21)4-6-22/h11-12,14,22H,4-10H2,1-3H3/t11-,12?,14-/m1/s1. The molecular weight excluding hydrogens is 310 g/mol. The number of rotatable bonds is 4. The molecule has 2 fully saturated rings. The molecule has 1 aromatic heterocycles. The summed E-state index contributed by atoms with van der Waals surface area (Å²) in [6.45, 7) is 9.62. The molecule has 2 saturated heterocycles. The maximum absolute atomic E-state index is 9.34. The lowest BCUT2D eigenvalue weighted by atomic mass is 10.1. The average Bonchev–Trinajstić information content (AvgIpc) is 2.56. The number of hydrogen-bond acceptors (Lipinski definition) is 8. The lowest BCUT2D eigenvalue weighted by Crippen LogP contribution is -2.50. The molecular formula is C16H27N5O3. The summed E-state index contributed by atoms with van der Waals surface area (Å²) in [7, 11) is 0. The topological polar surface area (TPSA) is 83.8 Å². The number of aryl methyl sites for hydroxylation is 1. The van der Waals surface area contributed by atoms with Crippen molar-refractivity contribution in [3.63, 3.8) is 0 Å². The Labute approximate surface area is 142 Å². The zero-order chi connectivity index (χ0) is 17.1. The van der Waals surface area contributed by atoms with Gasteiger partial charge in [0.15, 0.2) is 0 Å². The predicted molar refractivity (Wildman–Crippen MR) is 90.4 cm³/mol. The summed E-state index contributed by atoms with van der Waals surface area (Å²) in [4.78, 5) is 18.1. The van der Waals surface area contributed by atoms with Gasteiger partial charge in [-0.1, -0.05) is 0 Å². The van der Waals surface area contributed by atoms with Crippen LogP contribution < -0.4 is 9.80 Å². The number of morpholine rings is 2. The van der Waals surface area contributed by atoms with E-state index in [1.807, 2.05) is 13.8 Å². The summed E-state index contributed by atoms with van der Waals surface area (Å²) in [5.41, 5.74) is 0. The maximum atomic E-state index is 9.34. The summed E-state index contributed by atoms with van der Waals surface area (Å²) in [6.07, 6.45) is 0.753. The Balaban J connectivity index is 1.88. The fourth-order valence-corrected chi connectivity index (χ4v) is 3.21. The van der Waals surface area contributed by atoms with E-state index in [-0.39, 0.29) is 24.8 Å². The van der Waals surface area contributed by atoms with Crippen LogP contribution in [0.15, 0.2) is 0 Å². The molecule has 1 aromatic rings. The number of aromatic nitrogens is 3. The minimum atomic E-state index is 0.0861. The number of hydrogen-bond donors (Lipinski definition) is 1. The molecule has 0 spiro atoms. The first kappa shape index (κ1) is 17.3. The second-order valence-corrected chi connectivity index (χ2v) is 6.56. The summed E-state index contributed by atoms with van der Waals surface area (Å²) < 4.78 is 11.2. The van der Waals surface area contributed by atoms with E-state index in [0.29, 0.717) is 50.5 Å². The van der Waals surface area contributed by atoms with Crippen LogP contribution in [0.3, 0.4) is 0 Å². The molecule has 3 heterocycles. The van der Waals surface area contributed by atoms with Gasteiger partial charge in [-0.15, -0.1) is 0 Å². The highest BCUT2D eigenvalue weighted by Crippen LogP contribution is 2.23. The van der Waals surface area contributed by atoms with Crippen molar-refractivity contribution in [2.75, 3.05) is 49.3 Å². The van der Waals surface area contributed by atoms with E-state index < -0.39 is 0 Å². The second-order valence-electron chi connectivity index (χ2n) is 6.56. The van der Waals surface area contributed by atoms with Crippen molar-refractivity contribution in [3.05, 3.63) is 5.82 Å². The second kappa shape index (κ2) is 7.58. The molecule has 0 bridgehead atoms. The molecule has 0 amide bonds. The molecule has 1 unspecified atom stereocenters. The van der Waals surface area contributed by atoms with Crippen molar-refractivity contribution in [3.8, 4) is 0 Å². The fourth-order valence-electron chi connectivity index (χ4n) is 3.21. The van der Waals surface area contributed by atoms with Gasteiger partial charge in [-0.3, -0.25) is 0 Å². The lowest BCUT2D eigenvalue weighted by molar-refractivity contribution is 0.0247. The van der Waals surface area contributed by atoms with Gasteiger partial charge in [-0.05, 0) is 27.2 Å². The van der Waals surface area contributed by atoms with Gasteiger partial charge in [0.1, 0.15) is 5.82 Å². The van der Waals surface area contributed by atoms with Crippen molar-refractivity contribution in [2.24, 2.45) is 0 Å². The Morgan fingerprint density at radius 1 is 1.12 bits per heavy atom. The number of aliphatic hydroxyl groups is 1. The number of aliphatic hydroxyl groups excluding tert-OH is 1. The van der Waals surface area contributed by atoms with E-state index in [2.05, 4.69) is 26.7 Å². The van der Waals surface area contributed by atoms with Gasteiger partial charge in [0.25, 0.3) is 0 Å². The lowest BCUT2D eigenvalue weighted by Gasteiger charge is -2.39. The van der Waals surface area contributed by atoms with Crippen LogP contribution in [0.2, 0.25) is 0 Å². The largest absolute Gasteiger partial charge is 0.396 e. The summed E-state index contributed by atoms with van der Waals surface area (Å²) in [5, 5.41) is 9.34. The first-order chi connectivity index (χ1) is 11.6. The molecule has 134 valence electrons. The normalized spacial score (nSPS) is 28.2. The molecule has 1 N–H and O–H groups in total. The third-order valence-corrected chi connectivity index (χ3v) is 4.54. The third-order valence-electron chi connectivity index (χ3n) is 4.54. The first-order valence-corrected chi connectivity index (χ1v) is 8.64. The highest BCUT2D eigenvalue weighted by atomic mass is 16.5. The Morgan fingerprint density at radius 2 is 1.88 bits per heavy atom. The minimum absolute atomic E-state index is 0.0861. The van der Waals surface area contributed by atoms with E-state index in [1.165, 1.54) is 0 Å². The SMILES string of the molecule is Cc1nc(N2CC(C)OC[C@H]2CCO)nc(N2CCOC[C@H]2C)n1. The number of nitrogens with zero attached hydrogens (tertiary/aromatic N) is 5. The predicted octanol–water partition coefficient (Wildman–Crippen LogP) is 0.381. The van der Waals surface area contributed by atoms with Gasteiger partial charge in [0.05, 0.1) is 38.0 Å². The van der Waals surface area contributed by atoms with Gasteiger partial charge >= 0.3 is 0 Å². The molecule has 3 atom stereocenters. The van der Waals surface area contributed by atoms with Crippen LogP contribution in [-0.4, -0.2) is 77.8 Å². The summed E-state index contributed by atoms with van der Waals surface area (Å²) in [5.74, 6) is 2.08. The average molecular weight is 337 g/mol. The Kier molecular flexibility index (Phi) is 5.47. The fraction of sp³-hybridized carbons (Fsp3) is 0.812. The molecule has 0 aromatic carbocycles. The van der Waals surface area contributed by atoms with E-state index in [1.54, 1.807) is 0 Å². The molecule has 0 aliphatic carbocycles. The molecule has 24 heavy (non-hydrogen) atoms. The smallest absolute Gasteiger partial charge is 0.230 e. The van der Waals surface area contributed by atoms with Gasteiger partial charge in [0, 0.05) is 19.7 Å². The number of anilines is 2. The van der Waals surface area contributed by atoms with E-state index in [9.17, 15) is 5.11 Å². The van der Waals surface area contributed by atoms with Crippen molar-refractivity contribution < 1.29 is 14.6 Å². The van der Waals surface area contributed by atoms with E-state index >= 15 is 0 Å². The molecule has 8 nitrogen and oxygen atoms in total. The van der Waals surface area contributed by atoms with Crippen molar-refractivity contribution >= 4 is 11.9 Å². The zero-order valence-electron chi connectivity index (χ0n) is 14.7. The van der Waals surface area contributed by atoms with Gasteiger partial charge < -0.3 is 24.4 Å². The third kappa shape index (κ3) is 3.76. The quantitative estimate of drug-likeness (QED) is 0.844.